The summed E-state index contributed by atoms with van der Waals surface area (Å²) < 4.78 is 27.4. The molecule has 0 spiro atoms. The summed E-state index contributed by atoms with van der Waals surface area (Å²) in [5.74, 6) is 0.373. The Labute approximate surface area is 184 Å². The minimum Gasteiger partial charge on any atom is -0.310 e. The number of carbonyl (C=O) groups excluding carboxylic acids is 1. The highest BCUT2D eigenvalue weighted by molar-refractivity contribution is 7.91. The van der Waals surface area contributed by atoms with Crippen LogP contribution in [-0.4, -0.2) is 44.3 Å². The van der Waals surface area contributed by atoms with Crippen molar-refractivity contribution in [3.05, 3.63) is 72.7 Å². The standard InChI is InChI=1S/C21H19N7O3S/c1-14(2)28-13-23-27-20(28)17-8-4-9-18(24-17)25-21(29)15-6-3-7-16(12-15)32(30,31)19-10-5-11-22-26-19/h3-14H,1-2H3,(H,24,25,29). The molecular formula is C21H19N7O3S. The van der Waals surface area contributed by atoms with E-state index in [-0.39, 0.29) is 21.5 Å². The summed E-state index contributed by atoms with van der Waals surface area (Å²) in [4.78, 5) is 17.2. The van der Waals surface area contributed by atoms with Gasteiger partial charge in [0.25, 0.3) is 5.91 Å². The van der Waals surface area contributed by atoms with E-state index in [1.807, 2.05) is 18.4 Å². The normalized spacial score (nSPS) is 11.5. The lowest BCUT2D eigenvalue weighted by atomic mass is 10.2. The molecule has 0 unspecified atom stereocenters. The lowest BCUT2D eigenvalue weighted by molar-refractivity contribution is 0.102. The fourth-order valence-electron chi connectivity index (χ4n) is 2.98. The molecule has 1 N–H and O–H groups in total. The molecule has 32 heavy (non-hydrogen) atoms. The maximum Gasteiger partial charge on any atom is 0.256 e. The number of nitrogens with zero attached hydrogens (tertiary/aromatic N) is 6. The van der Waals surface area contributed by atoms with Crippen molar-refractivity contribution in [2.75, 3.05) is 5.32 Å². The summed E-state index contributed by atoms with van der Waals surface area (Å²) in [6, 6.07) is 13.8. The van der Waals surface area contributed by atoms with Crippen LogP contribution in [0, 0.1) is 0 Å². The van der Waals surface area contributed by atoms with Crippen LogP contribution in [0.4, 0.5) is 5.82 Å². The largest absolute Gasteiger partial charge is 0.310 e. The first-order valence-electron chi connectivity index (χ1n) is 9.67. The maximum atomic E-state index is 12.8. The highest BCUT2D eigenvalue weighted by Gasteiger charge is 2.21. The Morgan fingerprint density at radius 1 is 1.00 bits per heavy atom. The lowest BCUT2D eigenvalue weighted by Gasteiger charge is -2.11. The third-order valence-corrected chi connectivity index (χ3v) is 6.22. The fourth-order valence-corrected chi connectivity index (χ4v) is 4.17. The molecule has 0 aliphatic heterocycles. The van der Waals surface area contributed by atoms with E-state index in [4.69, 9.17) is 0 Å². The first-order valence-corrected chi connectivity index (χ1v) is 11.2. The third kappa shape index (κ3) is 4.23. The van der Waals surface area contributed by atoms with Crippen molar-refractivity contribution in [2.45, 2.75) is 29.8 Å². The third-order valence-electron chi connectivity index (χ3n) is 4.58. The van der Waals surface area contributed by atoms with E-state index in [2.05, 4.69) is 30.7 Å². The Bertz CT molecular complexity index is 1370. The van der Waals surface area contributed by atoms with Gasteiger partial charge in [-0.15, -0.1) is 15.3 Å². The predicted octanol–water partition coefficient (Wildman–Crippen LogP) is 2.80. The molecule has 0 saturated heterocycles. The molecule has 3 aromatic heterocycles. The van der Waals surface area contributed by atoms with Gasteiger partial charge in [-0.2, -0.15) is 5.10 Å². The quantitative estimate of drug-likeness (QED) is 0.475. The molecule has 0 aliphatic rings. The van der Waals surface area contributed by atoms with Crippen molar-refractivity contribution in [1.29, 1.82) is 0 Å². The van der Waals surface area contributed by atoms with Crippen LogP contribution in [-0.2, 0) is 9.84 Å². The summed E-state index contributed by atoms with van der Waals surface area (Å²) in [5, 5.41) is 17.8. The second-order valence-electron chi connectivity index (χ2n) is 7.11. The lowest BCUT2D eigenvalue weighted by Crippen LogP contribution is -2.14. The van der Waals surface area contributed by atoms with Gasteiger partial charge in [-0.1, -0.05) is 12.1 Å². The molecule has 1 amide bonds. The summed E-state index contributed by atoms with van der Waals surface area (Å²) in [6.45, 7) is 4.00. The van der Waals surface area contributed by atoms with Gasteiger partial charge in [0.1, 0.15) is 17.8 Å². The van der Waals surface area contributed by atoms with Crippen LogP contribution in [0.15, 0.2) is 77.0 Å². The maximum absolute atomic E-state index is 12.8. The highest BCUT2D eigenvalue weighted by atomic mass is 32.2. The number of benzene rings is 1. The van der Waals surface area contributed by atoms with Crippen molar-refractivity contribution in [1.82, 2.24) is 29.9 Å². The molecule has 3 heterocycles. The molecule has 4 rings (SSSR count). The van der Waals surface area contributed by atoms with Gasteiger partial charge in [0.2, 0.25) is 9.84 Å². The Kier molecular flexibility index (Phi) is 5.73. The van der Waals surface area contributed by atoms with Gasteiger partial charge in [-0.25, -0.2) is 13.4 Å². The van der Waals surface area contributed by atoms with Gasteiger partial charge in [0.05, 0.1) is 4.90 Å². The average molecular weight is 449 g/mol. The number of aromatic nitrogens is 6. The van der Waals surface area contributed by atoms with Crippen LogP contribution in [0.1, 0.15) is 30.2 Å². The van der Waals surface area contributed by atoms with Gasteiger partial charge in [-0.05, 0) is 56.3 Å². The van der Waals surface area contributed by atoms with E-state index >= 15 is 0 Å². The number of hydrogen-bond acceptors (Lipinski definition) is 8. The fraction of sp³-hybridized carbons (Fsp3) is 0.143. The summed E-state index contributed by atoms with van der Waals surface area (Å²) in [5.41, 5.74) is 0.709. The molecule has 0 radical (unpaired) electrons. The second kappa shape index (κ2) is 8.63. The molecule has 0 fully saturated rings. The number of hydrogen-bond donors (Lipinski definition) is 1. The molecule has 0 atom stereocenters. The Morgan fingerprint density at radius 2 is 1.81 bits per heavy atom. The van der Waals surface area contributed by atoms with Crippen molar-refractivity contribution in [3.63, 3.8) is 0 Å². The summed E-state index contributed by atoms with van der Waals surface area (Å²) in [6.07, 6.45) is 3.00. The van der Waals surface area contributed by atoms with E-state index in [0.29, 0.717) is 17.3 Å². The Balaban J connectivity index is 1.59. The SMILES string of the molecule is CC(C)n1cnnc1-c1cccc(NC(=O)c2cccc(S(=O)(=O)c3cccnn3)c2)n1. The van der Waals surface area contributed by atoms with Gasteiger partial charge in [0.15, 0.2) is 10.9 Å². The Morgan fingerprint density at radius 3 is 2.56 bits per heavy atom. The van der Waals surface area contributed by atoms with Crippen LogP contribution in [0.3, 0.4) is 0 Å². The molecule has 1 aromatic carbocycles. The minimum absolute atomic E-state index is 0.0580. The van der Waals surface area contributed by atoms with Crippen LogP contribution in [0.5, 0.6) is 0 Å². The summed E-state index contributed by atoms with van der Waals surface area (Å²) in [7, 11) is -3.90. The summed E-state index contributed by atoms with van der Waals surface area (Å²) >= 11 is 0. The zero-order valence-corrected chi connectivity index (χ0v) is 18.1. The first-order chi connectivity index (χ1) is 15.4. The number of nitrogens with one attached hydrogen (secondary N) is 1. The van der Waals surface area contributed by atoms with E-state index in [0.717, 1.165) is 0 Å². The molecule has 11 heteroatoms. The zero-order valence-electron chi connectivity index (χ0n) is 17.2. The van der Waals surface area contributed by atoms with Crippen LogP contribution >= 0.6 is 0 Å². The monoisotopic (exact) mass is 449 g/mol. The average Bonchev–Trinajstić information content (AvgIpc) is 3.30. The van der Waals surface area contributed by atoms with Crippen molar-refractivity contribution in [3.8, 4) is 11.5 Å². The predicted molar refractivity (Wildman–Crippen MR) is 116 cm³/mol. The molecular weight excluding hydrogens is 430 g/mol. The van der Waals surface area contributed by atoms with Crippen molar-refractivity contribution in [2.24, 2.45) is 0 Å². The number of amides is 1. The minimum atomic E-state index is -3.90. The van der Waals surface area contributed by atoms with E-state index in [9.17, 15) is 13.2 Å². The second-order valence-corrected chi connectivity index (χ2v) is 9.01. The van der Waals surface area contributed by atoms with Gasteiger partial charge < -0.3 is 9.88 Å². The van der Waals surface area contributed by atoms with E-state index in [1.165, 1.54) is 42.6 Å². The number of rotatable bonds is 6. The Hall–Kier alpha value is -3.99. The van der Waals surface area contributed by atoms with Crippen molar-refractivity contribution >= 4 is 21.6 Å². The molecule has 162 valence electrons. The molecule has 0 saturated carbocycles. The highest BCUT2D eigenvalue weighted by Crippen LogP contribution is 2.22. The first kappa shape index (κ1) is 21.2. The van der Waals surface area contributed by atoms with Crippen molar-refractivity contribution < 1.29 is 13.2 Å². The van der Waals surface area contributed by atoms with Gasteiger partial charge in [-0.3, -0.25) is 4.79 Å². The van der Waals surface area contributed by atoms with Gasteiger partial charge >= 0.3 is 0 Å². The van der Waals surface area contributed by atoms with E-state index in [1.54, 1.807) is 24.5 Å². The molecule has 0 bridgehead atoms. The smallest absolute Gasteiger partial charge is 0.256 e. The number of sulfone groups is 1. The number of carbonyl (C=O) groups is 1. The van der Waals surface area contributed by atoms with E-state index < -0.39 is 15.7 Å². The molecule has 4 aromatic rings. The van der Waals surface area contributed by atoms with Crippen LogP contribution in [0.2, 0.25) is 0 Å². The molecule has 10 nitrogen and oxygen atoms in total. The topological polar surface area (TPSA) is 133 Å². The zero-order chi connectivity index (χ0) is 22.7. The van der Waals surface area contributed by atoms with Crippen LogP contribution < -0.4 is 5.32 Å². The number of anilines is 1. The number of pyridine rings is 1. The van der Waals surface area contributed by atoms with Crippen LogP contribution in [0.25, 0.3) is 11.5 Å². The molecule has 0 aliphatic carbocycles. The van der Waals surface area contributed by atoms with Gasteiger partial charge in [0, 0.05) is 17.8 Å².